The zero-order valence-corrected chi connectivity index (χ0v) is 22.1. The summed E-state index contributed by atoms with van der Waals surface area (Å²) in [5, 5.41) is 16.5. The van der Waals surface area contributed by atoms with Crippen LogP contribution in [0.4, 0.5) is 11.5 Å². The molecule has 1 aromatic carbocycles. The Bertz CT molecular complexity index is 1210. The van der Waals surface area contributed by atoms with Crippen molar-refractivity contribution in [3.63, 3.8) is 0 Å². The van der Waals surface area contributed by atoms with E-state index in [0.717, 1.165) is 44.3 Å². The number of primary amides is 1. The van der Waals surface area contributed by atoms with Crippen molar-refractivity contribution in [2.45, 2.75) is 95.5 Å². The fourth-order valence-corrected chi connectivity index (χ4v) is 6.40. The smallest absolute Gasteiger partial charge is 0.251 e. The molecule has 2 atom stereocenters. The first kappa shape index (κ1) is 26.2. The molecule has 2 aliphatic heterocycles. The van der Waals surface area contributed by atoms with E-state index in [1.54, 1.807) is 18.3 Å². The van der Waals surface area contributed by atoms with E-state index in [9.17, 15) is 19.5 Å². The second-order valence-electron chi connectivity index (χ2n) is 11.1. The predicted molar refractivity (Wildman–Crippen MR) is 146 cm³/mol. The number of rotatable bonds is 7. The number of aryl methyl sites for hydroxylation is 1. The molecule has 2 aromatic rings. The maximum absolute atomic E-state index is 13.4. The minimum Gasteiger partial charge on any atom is -0.393 e. The number of nitrogens with one attached hydrogen (secondary N) is 2. The number of aliphatic hydroxyl groups excluding tert-OH is 1. The summed E-state index contributed by atoms with van der Waals surface area (Å²) in [7, 11) is 0. The van der Waals surface area contributed by atoms with Crippen LogP contribution in [0.2, 0.25) is 0 Å². The highest BCUT2D eigenvalue weighted by Gasteiger charge is 2.42. The van der Waals surface area contributed by atoms with Gasteiger partial charge in [0.1, 0.15) is 5.82 Å². The van der Waals surface area contributed by atoms with Crippen molar-refractivity contribution in [3.8, 4) is 0 Å². The number of amides is 2. The van der Waals surface area contributed by atoms with Crippen molar-refractivity contribution in [2.24, 2.45) is 5.73 Å². The zero-order chi connectivity index (χ0) is 27.0. The van der Waals surface area contributed by atoms with Gasteiger partial charge in [0, 0.05) is 47.2 Å². The number of benzene rings is 1. The number of nitrogens with zero attached hydrogens (tertiary/aromatic N) is 2. The number of ketones is 1. The summed E-state index contributed by atoms with van der Waals surface area (Å²) in [6, 6.07) is 7.93. The average Bonchev–Trinajstić information content (AvgIpc) is 3.16. The summed E-state index contributed by atoms with van der Waals surface area (Å²) < 4.78 is 0. The third-order valence-electron chi connectivity index (χ3n) is 8.42. The van der Waals surface area contributed by atoms with Crippen molar-refractivity contribution in [2.75, 3.05) is 10.2 Å². The quantitative estimate of drug-likeness (QED) is 0.412. The molecule has 2 unspecified atom stereocenters. The number of Topliss-reactive ketones (excluding diaryl/α,β-unsaturated/α-hetero) is 1. The number of carbonyl (C=O) groups is 3. The number of carbonyl (C=O) groups excluding carboxylic acids is 3. The highest BCUT2D eigenvalue weighted by molar-refractivity contribution is 6.03. The van der Waals surface area contributed by atoms with Crippen LogP contribution in [0.25, 0.3) is 0 Å². The Labute approximate surface area is 223 Å². The van der Waals surface area contributed by atoms with Gasteiger partial charge in [-0.2, -0.15) is 0 Å². The molecule has 2 amide bonds. The van der Waals surface area contributed by atoms with Gasteiger partial charge < -0.3 is 26.4 Å². The summed E-state index contributed by atoms with van der Waals surface area (Å²) in [6.45, 7) is 3.36. The molecule has 38 heavy (non-hydrogen) atoms. The molecule has 9 heteroatoms. The van der Waals surface area contributed by atoms with E-state index in [1.165, 1.54) is 6.92 Å². The minimum atomic E-state index is -0.535. The summed E-state index contributed by atoms with van der Waals surface area (Å²) in [5.74, 6) is 0.203. The number of hydrogen-bond donors (Lipinski definition) is 4. The van der Waals surface area contributed by atoms with Crippen LogP contribution in [0.3, 0.4) is 0 Å². The Balaban J connectivity index is 1.28. The van der Waals surface area contributed by atoms with Crippen LogP contribution in [0, 0.1) is 6.92 Å². The zero-order valence-electron chi connectivity index (χ0n) is 22.1. The summed E-state index contributed by atoms with van der Waals surface area (Å²) in [4.78, 5) is 44.1. The van der Waals surface area contributed by atoms with Crippen LogP contribution in [0.5, 0.6) is 0 Å². The fourth-order valence-electron chi connectivity index (χ4n) is 6.40. The summed E-state index contributed by atoms with van der Waals surface area (Å²) >= 11 is 0. The molecule has 1 aliphatic carbocycles. The van der Waals surface area contributed by atoms with Crippen LogP contribution >= 0.6 is 0 Å². The number of pyridine rings is 1. The van der Waals surface area contributed by atoms with Crippen molar-refractivity contribution in [3.05, 3.63) is 52.7 Å². The van der Waals surface area contributed by atoms with Gasteiger partial charge in [-0.3, -0.25) is 14.4 Å². The lowest BCUT2D eigenvalue weighted by Crippen LogP contribution is -2.50. The Hall–Kier alpha value is -3.46. The monoisotopic (exact) mass is 519 g/mol. The topological polar surface area (TPSA) is 138 Å². The number of anilines is 2. The first-order valence-corrected chi connectivity index (χ1v) is 13.6. The molecule has 0 radical (unpaired) electrons. The largest absolute Gasteiger partial charge is 0.393 e. The van der Waals surface area contributed by atoms with E-state index in [4.69, 9.17) is 5.73 Å². The van der Waals surface area contributed by atoms with Crippen molar-refractivity contribution >= 4 is 29.1 Å². The minimum absolute atomic E-state index is 0.00324. The van der Waals surface area contributed by atoms with Gasteiger partial charge in [-0.15, -0.1) is 0 Å². The van der Waals surface area contributed by atoms with Gasteiger partial charge in [0.25, 0.3) is 11.8 Å². The second kappa shape index (κ2) is 10.7. The SMILES string of the molecule is CC(=O)c1ccc(N2C3CCC2CC(NC(=O)c2cc(NC4CCC(O)CC4)c(C(N)=O)cc2C)C3)nc1. The molecular formula is C29H37N5O4. The molecule has 3 heterocycles. The van der Waals surface area contributed by atoms with E-state index in [1.807, 2.05) is 19.1 Å². The van der Waals surface area contributed by atoms with Crippen molar-refractivity contribution in [1.82, 2.24) is 10.3 Å². The third-order valence-corrected chi connectivity index (χ3v) is 8.42. The number of fused-ring (bicyclic) bond motifs is 2. The Morgan fingerprint density at radius 1 is 0.974 bits per heavy atom. The Morgan fingerprint density at radius 3 is 2.24 bits per heavy atom. The van der Waals surface area contributed by atoms with Gasteiger partial charge in [-0.1, -0.05) is 0 Å². The number of piperidine rings is 1. The molecule has 3 fully saturated rings. The number of aromatic nitrogens is 1. The maximum atomic E-state index is 13.4. The van der Waals surface area contributed by atoms with Crippen LogP contribution < -0.4 is 21.3 Å². The van der Waals surface area contributed by atoms with Crippen LogP contribution in [0.15, 0.2) is 30.5 Å². The lowest BCUT2D eigenvalue weighted by Gasteiger charge is -2.40. The lowest BCUT2D eigenvalue weighted by atomic mass is 9.92. The van der Waals surface area contributed by atoms with E-state index in [2.05, 4.69) is 20.5 Å². The molecule has 202 valence electrons. The van der Waals surface area contributed by atoms with E-state index < -0.39 is 5.91 Å². The van der Waals surface area contributed by atoms with Gasteiger partial charge in [-0.05, 0) is 95.0 Å². The number of hydrogen-bond acceptors (Lipinski definition) is 7. The molecule has 9 nitrogen and oxygen atoms in total. The van der Waals surface area contributed by atoms with Gasteiger partial charge >= 0.3 is 0 Å². The number of nitrogens with two attached hydrogens (primary N) is 1. The molecule has 1 aromatic heterocycles. The van der Waals surface area contributed by atoms with E-state index >= 15 is 0 Å². The van der Waals surface area contributed by atoms with Crippen LogP contribution in [-0.2, 0) is 0 Å². The first-order chi connectivity index (χ1) is 18.2. The highest BCUT2D eigenvalue weighted by Crippen LogP contribution is 2.39. The second-order valence-corrected chi connectivity index (χ2v) is 11.1. The average molecular weight is 520 g/mol. The molecule has 2 saturated heterocycles. The maximum Gasteiger partial charge on any atom is 0.251 e. The standard InChI is InChI=1S/C29H37N5O4/c1-16-11-25(28(30)37)26(32-19-4-8-23(36)9-5-19)14-24(16)29(38)33-20-12-21-6-7-22(13-20)34(21)27-10-3-18(15-31-27)17(2)35/h3,10-11,14-15,19-23,32,36H,4-9,12-13H2,1-2H3,(H2,30,37)(H,33,38). The summed E-state index contributed by atoms with van der Waals surface area (Å²) in [6.07, 6.45) is 8.11. The molecule has 5 rings (SSSR count). The molecular weight excluding hydrogens is 482 g/mol. The number of aliphatic hydroxyl groups is 1. The summed E-state index contributed by atoms with van der Waals surface area (Å²) in [5.41, 5.74) is 8.45. The molecule has 1 saturated carbocycles. The van der Waals surface area contributed by atoms with E-state index in [0.29, 0.717) is 40.8 Å². The van der Waals surface area contributed by atoms with Crippen molar-refractivity contribution in [1.29, 1.82) is 0 Å². The third kappa shape index (κ3) is 5.38. The molecule has 5 N–H and O–H groups in total. The lowest BCUT2D eigenvalue weighted by molar-refractivity contribution is 0.0924. The fraction of sp³-hybridized carbons (Fsp3) is 0.517. The van der Waals surface area contributed by atoms with E-state index in [-0.39, 0.29) is 42.0 Å². The van der Waals surface area contributed by atoms with Gasteiger partial charge in [0.15, 0.2) is 5.78 Å². The highest BCUT2D eigenvalue weighted by atomic mass is 16.3. The molecule has 3 aliphatic rings. The molecule has 0 spiro atoms. The van der Waals surface area contributed by atoms with Gasteiger partial charge in [0.2, 0.25) is 0 Å². The molecule has 2 bridgehead atoms. The van der Waals surface area contributed by atoms with Crippen molar-refractivity contribution < 1.29 is 19.5 Å². The van der Waals surface area contributed by atoms with Crippen LogP contribution in [-0.4, -0.2) is 58.0 Å². The first-order valence-electron chi connectivity index (χ1n) is 13.6. The van der Waals surface area contributed by atoms with Gasteiger partial charge in [0.05, 0.1) is 11.7 Å². The van der Waals surface area contributed by atoms with Crippen LogP contribution in [0.1, 0.15) is 94.9 Å². The Kier molecular flexibility index (Phi) is 7.38. The van der Waals surface area contributed by atoms with Gasteiger partial charge in [-0.25, -0.2) is 4.98 Å². The normalized spacial score (nSPS) is 26.6. The predicted octanol–water partition coefficient (Wildman–Crippen LogP) is 3.34. The Morgan fingerprint density at radius 2 is 1.66 bits per heavy atom.